The van der Waals surface area contributed by atoms with E-state index in [1.807, 2.05) is 13.8 Å². The number of ether oxygens (including phenoxy) is 1. The van der Waals surface area contributed by atoms with Gasteiger partial charge in [0.15, 0.2) is 0 Å². The van der Waals surface area contributed by atoms with Crippen LogP contribution >= 0.6 is 0 Å². The number of hydrogen-bond acceptors (Lipinski definition) is 5. The van der Waals surface area contributed by atoms with Crippen molar-refractivity contribution in [3.8, 4) is 0 Å². The molecule has 2 unspecified atom stereocenters. The van der Waals surface area contributed by atoms with Gasteiger partial charge in [-0.3, -0.25) is 10.1 Å². The van der Waals surface area contributed by atoms with E-state index >= 15 is 0 Å². The summed E-state index contributed by atoms with van der Waals surface area (Å²) in [6.07, 6.45) is 5.27. The molecule has 2 atom stereocenters. The van der Waals surface area contributed by atoms with Crippen molar-refractivity contribution in [3.63, 3.8) is 0 Å². The second-order valence-electron chi connectivity index (χ2n) is 5.31. The lowest BCUT2D eigenvalue weighted by molar-refractivity contribution is -0.143. The number of hydrogen-bond donors (Lipinski definition) is 1. The predicted molar refractivity (Wildman–Crippen MR) is 75.2 cm³/mol. The van der Waals surface area contributed by atoms with Gasteiger partial charge in [0.1, 0.15) is 17.7 Å². The van der Waals surface area contributed by atoms with Crippen molar-refractivity contribution >= 4 is 5.97 Å². The van der Waals surface area contributed by atoms with Gasteiger partial charge in [0.25, 0.3) is 0 Å². The predicted octanol–water partition coefficient (Wildman–Crippen LogP) is 1.61. The minimum Gasteiger partial charge on any atom is -0.468 e. The van der Waals surface area contributed by atoms with Crippen LogP contribution in [0, 0.1) is 0 Å². The van der Waals surface area contributed by atoms with E-state index in [-0.39, 0.29) is 18.1 Å². The number of carbonyl (C=O) groups excluding carboxylic acids is 1. The number of nitrogens with zero attached hydrogens (tertiary/aromatic N) is 3. The molecule has 1 N–H and O–H groups in total. The van der Waals surface area contributed by atoms with E-state index < -0.39 is 0 Å². The molecule has 0 saturated heterocycles. The Bertz CT molecular complexity index is 458. The Kier molecular flexibility index (Phi) is 5.11. The van der Waals surface area contributed by atoms with Crippen LogP contribution in [-0.4, -0.2) is 33.9 Å². The molecule has 0 saturated carbocycles. The van der Waals surface area contributed by atoms with Crippen LogP contribution in [-0.2, 0) is 22.5 Å². The summed E-state index contributed by atoms with van der Waals surface area (Å²) in [4.78, 5) is 11.7. The largest absolute Gasteiger partial charge is 0.468 e. The molecule has 6 heteroatoms. The first-order valence-electron chi connectivity index (χ1n) is 7.43. The molecule has 1 aromatic rings. The standard InChI is InChI=1S/C14H24N4O2/c1-4-11(14(19)20-3)15-10(2)13-17-16-12-8-6-5-7-9-18(12)13/h10-11,15H,4-9H2,1-3H3. The van der Waals surface area contributed by atoms with Crippen LogP contribution in [0.2, 0.25) is 0 Å². The average molecular weight is 280 g/mol. The van der Waals surface area contributed by atoms with Crippen molar-refractivity contribution in [1.29, 1.82) is 0 Å². The van der Waals surface area contributed by atoms with Gasteiger partial charge in [0.2, 0.25) is 0 Å². The van der Waals surface area contributed by atoms with E-state index in [9.17, 15) is 4.79 Å². The Morgan fingerprint density at radius 2 is 2.20 bits per heavy atom. The molecule has 1 aromatic heterocycles. The third-order valence-corrected chi connectivity index (χ3v) is 3.87. The fraction of sp³-hybridized carbons (Fsp3) is 0.786. The third-order valence-electron chi connectivity index (χ3n) is 3.87. The van der Waals surface area contributed by atoms with Gasteiger partial charge in [-0.2, -0.15) is 0 Å². The zero-order valence-corrected chi connectivity index (χ0v) is 12.6. The smallest absolute Gasteiger partial charge is 0.322 e. The van der Waals surface area contributed by atoms with E-state index in [1.165, 1.54) is 26.4 Å². The van der Waals surface area contributed by atoms with Gasteiger partial charge in [-0.1, -0.05) is 13.3 Å². The highest BCUT2D eigenvalue weighted by Gasteiger charge is 2.24. The molecule has 6 nitrogen and oxygen atoms in total. The fourth-order valence-electron chi connectivity index (χ4n) is 2.70. The zero-order chi connectivity index (χ0) is 14.5. The van der Waals surface area contributed by atoms with Crippen LogP contribution in [0.15, 0.2) is 0 Å². The Balaban J connectivity index is 2.11. The molecule has 0 fully saturated rings. The molecule has 0 amide bonds. The van der Waals surface area contributed by atoms with Crippen LogP contribution < -0.4 is 5.32 Å². The summed E-state index contributed by atoms with van der Waals surface area (Å²) < 4.78 is 7.01. The lowest BCUT2D eigenvalue weighted by atomic mass is 10.2. The normalized spacial score (nSPS) is 17.9. The zero-order valence-electron chi connectivity index (χ0n) is 12.6. The summed E-state index contributed by atoms with van der Waals surface area (Å²) in [5.41, 5.74) is 0. The van der Waals surface area contributed by atoms with Gasteiger partial charge in [-0.05, 0) is 26.2 Å². The Labute approximate surface area is 119 Å². The molecule has 112 valence electrons. The SMILES string of the molecule is CCC(NC(C)c1nnc2n1CCCCC2)C(=O)OC. The van der Waals surface area contributed by atoms with E-state index in [1.54, 1.807) is 0 Å². The van der Waals surface area contributed by atoms with Crippen LogP contribution in [0.25, 0.3) is 0 Å². The van der Waals surface area contributed by atoms with E-state index in [2.05, 4.69) is 20.1 Å². The van der Waals surface area contributed by atoms with Gasteiger partial charge in [-0.15, -0.1) is 10.2 Å². The average Bonchev–Trinajstić information content (AvgIpc) is 2.72. The quantitative estimate of drug-likeness (QED) is 0.830. The van der Waals surface area contributed by atoms with E-state index in [0.29, 0.717) is 6.42 Å². The molecule has 1 aliphatic heterocycles. The van der Waals surface area contributed by atoms with Gasteiger partial charge in [0.05, 0.1) is 13.2 Å². The highest BCUT2D eigenvalue weighted by molar-refractivity contribution is 5.75. The summed E-state index contributed by atoms with van der Waals surface area (Å²) in [5, 5.41) is 11.9. The number of fused-ring (bicyclic) bond motifs is 1. The minimum atomic E-state index is -0.297. The maximum atomic E-state index is 11.7. The number of rotatable bonds is 5. The molecular weight excluding hydrogens is 256 g/mol. The second-order valence-corrected chi connectivity index (χ2v) is 5.31. The summed E-state index contributed by atoms with van der Waals surface area (Å²) >= 11 is 0. The number of aryl methyl sites for hydroxylation is 1. The lowest BCUT2D eigenvalue weighted by Crippen LogP contribution is -2.39. The Morgan fingerprint density at radius 1 is 1.40 bits per heavy atom. The highest BCUT2D eigenvalue weighted by Crippen LogP contribution is 2.19. The monoisotopic (exact) mass is 280 g/mol. The first-order valence-corrected chi connectivity index (χ1v) is 7.43. The first kappa shape index (κ1) is 15.0. The maximum absolute atomic E-state index is 11.7. The number of carbonyl (C=O) groups is 1. The second kappa shape index (κ2) is 6.83. The summed E-state index contributed by atoms with van der Waals surface area (Å²) in [7, 11) is 1.42. The Hall–Kier alpha value is -1.43. The molecular formula is C14H24N4O2. The van der Waals surface area contributed by atoms with Crippen LogP contribution in [0.4, 0.5) is 0 Å². The van der Waals surface area contributed by atoms with Crippen LogP contribution in [0.3, 0.4) is 0 Å². The number of methoxy groups -OCH3 is 1. The van der Waals surface area contributed by atoms with Crippen molar-refractivity contribution in [3.05, 3.63) is 11.6 Å². The van der Waals surface area contributed by atoms with Gasteiger partial charge < -0.3 is 9.30 Å². The summed E-state index contributed by atoms with van der Waals surface area (Å²) in [6.45, 7) is 4.96. The van der Waals surface area contributed by atoms with Gasteiger partial charge in [0, 0.05) is 13.0 Å². The minimum absolute atomic E-state index is 0.0154. The van der Waals surface area contributed by atoms with E-state index in [0.717, 1.165) is 24.6 Å². The fourth-order valence-corrected chi connectivity index (χ4v) is 2.70. The topological polar surface area (TPSA) is 69.0 Å². The summed E-state index contributed by atoms with van der Waals surface area (Å²) in [5.74, 6) is 1.76. The van der Waals surface area contributed by atoms with Crippen molar-refractivity contribution in [2.24, 2.45) is 0 Å². The molecule has 20 heavy (non-hydrogen) atoms. The number of aromatic nitrogens is 3. The molecule has 0 radical (unpaired) electrons. The number of nitrogens with one attached hydrogen (secondary N) is 1. The maximum Gasteiger partial charge on any atom is 0.322 e. The van der Waals surface area contributed by atoms with E-state index in [4.69, 9.17) is 4.74 Å². The lowest BCUT2D eigenvalue weighted by Gasteiger charge is -2.20. The molecule has 0 spiro atoms. The summed E-state index contributed by atoms with van der Waals surface area (Å²) in [6, 6.07) is -0.313. The molecule has 0 aromatic carbocycles. The first-order chi connectivity index (χ1) is 9.67. The number of esters is 1. The van der Waals surface area contributed by atoms with Crippen molar-refractivity contribution in [2.45, 2.75) is 64.6 Å². The van der Waals surface area contributed by atoms with Crippen LogP contribution in [0.1, 0.15) is 57.2 Å². The molecule has 0 aliphatic carbocycles. The molecule has 1 aliphatic rings. The van der Waals surface area contributed by atoms with Crippen molar-refractivity contribution in [2.75, 3.05) is 7.11 Å². The van der Waals surface area contributed by atoms with Gasteiger partial charge in [-0.25, -0.2) is 0 Å². The molecule has 2 rings (SSSR count). The van der Waals surface area contributed by atoms with Crippen LogP contribution in [0.5, 0.6) is 0 Å². The van der Waals surface area contributed by atoms with Gasteiger partial charge >= 0.3 is 5.97 Å². The highest BCUT2D eigenvalue weighted by atomic mass is 16.5. The van der Waals surface area contributed by atoms with Crippen molar-refractivity contribution < 1.29 is 9.53 Å². The molecule has 2 heterocycles. The third kappa shape index (κ3) is 3.17. The van der Waals surface area contributed by atoms with Crippen molar-refractivity contribution in [1.82, 2.24) is 20.1 Å². The molecule has 0 bridgehead atoms. The Morgan fingerprint density at radius 3 is 2.90 bits per heavy atom.